The van der Waals surface area contributed by atoms with E-state index in [0.717, 1.165) is 18.4 Å². The van der Waals surface area contributed by atoms with Crippen molar-refractivity contribution >= 4 is 28.3 Å². The first-order valence-corrected chi connectivity index (χ1v) is 10.6. The number of morpholine rings is 1. The van der Waals surface area contributed by atoms with Crippen molar-refractivity contribution in [3.8, 4) is 0 Å². The number of benzene rings is 1. The molecule has 1 aliphatic carbocycles. The van der Waals surface area contributed by atoms with Crippen LogP contribution in [0.15, 0.2) is 29.2 Å². The highest BCUT2D eigenvalue weighted by Crippen LogP contribution is 2.32. The standard InChI is InChI=1S/C18H27N3O4S.ClH/c19-13-17(15-4-5-15)20-18(22)8-3-14-1-6-16(7-2-14)26(23,24)21-9-11-25-12-10-21;/h1-2,6-7,15,17H,3-5,8-13,19H2,(H,20,22);1H. The monoisotopic (exact) mass is 417 g/mol. The number of carbonyl (C=O) groups is 1. The molecule has 1 atom stereocenters. The average Bonchev–Trinajstić information content (AvgIpc) is 3.50. The van der Waals surface area contributed by atoms with E-state index in [1.165, 1.54) is 4.31 Å². The van der Waals surface area contributed by atoms with Crippen LogP contribution in [-0.4, -0.2) is 57.5 Å². The lowest BCUT2D eigenvalue weighted by atomic mass is 10.1. The number of halogens is 1. The normalized spacial score (nSPS) is 19.1. The molecule has 0 aromatic heterocycles. The fourth-order valence-corrected chi connectivity index (χ4v) is 4.58. The van der Waals surface area contributed by atoms with E-state index in [0.29, 0.717) is 51.6 Å². The van der Waals surface area contributed by atoms with Crippen molar-refractivity contribution in [1.29, 1.82) is 0 Å². The largest absolute Gasteiger partial charge is 0.379 e. The number of amides is 1. The van der Waals surface area contributed by atoms with Gasteiger partial charge in [0.05, 0.1) is 18.1 Å². The first kappa shape index (κ1) is 22.1. The van der Waals surface area contributed by atoms with Crippen LogP contribution in [0.3, 0.4) is 0 Å². The van der Waals surface area contributed by atoms with E-state index in [9.17, 15) is 13.2 Å². The Balaban J connectivity index is 0.00000261. The van der Waals surface area contributed by atoms with Gasteiger partial charge in [0.1, 0.15) is 0 Å². The van der Waals surface area contributed by atoms with Crippen molar-refractivity contribution < 1.29 is 17.9 Å². The van der Waals surface area contributed by atoms with Gasteiger partial charge >= 0.3 is 0 Å². The zero-order valence-electron chi connectivity index (χ0n) is 15.3. The van der Waals surface area contributed by atoms with Gasteiger partial charge in [-0.3, -0.25) is 4.79 Å². The lowest BCUT2D eigenvalue weighted by Gasteiger charge is -2.26. The summed E-state index contributed by atoms with van der Waals surface area (Å²) >= 11 is 0. The zero-order chi connectivity index (χ0) is 18.6. The highest BCUT2D eigenvalue weighted by Gasteiger charge is 2.31. The molecule has 3 N–H and O–H groups in total. The summed E-state index contributed by atoms with van der Waals surface area (Å²) in [7, 11) is -3.47. The highest BCUT2D eigenvalue weighted by atomic mass is 35.5. The number of nitrogens with two attached hydrogens (primary N) is 1. The van der Waals surface area contributed by atoms with E-state index in [2.05, 4.69) is 5.32 Å². The van der Waals surface area contributed by atoms with Crippen molar-refractivity contribution in [2.24, 2.45) is 11.7 Å². The molecule has 2 fully saturated rings. The van der Waals surface area contributed by atoms with Crippen molar-refractivity contribution in [2.75, 3.05) is 32.8 Å². The molecular weight excluding hydrogens is 390 g/mol. The van der Waals surface area contributed by atoms with E-state index in [4.69, 9.17) is 10.5 Å². The van der Waals surface area contributed by atoms with E-state index in [-0.39, 0.29) is 29.3 Å². The van der Waals surface area contributed by atoms with Gasteiger partial charge in [0.15, 0.2) is 0 Å². The number of carbonyl (C=O) groups excluding carboxylic acids is 1. The number of nitrogens with zero attached hydrogens (tertiary/aromatic N) is 1. The van der Waals surface area contributed by atoms with Crippen LogP contribution in [-0.2, 0) is 26.0 Å². The number of hydrogen-bond acceptors (Lipinski definition) is 5. The number of sulfonamides is 1. The summed E-state index contributed by atoms with van der Waals surface area (Å²) in [6.45, 7) is 2.10. The molecule has 0 spiro atoms. The van der Waals surface area contributed by atoms with Crippen molar-refractivity contribution in [1.82, 2.24) is 9.62 Å². The van der Waals surface area contributed by atoms with Gasteiger partial charge in [0, 0.05) is 32.1 Å². The number of rotatable bonds is 8. The SMILES string of the molecule is Cl.NCC(NC(=O)CCc1ccc(S(=O)(=O)N2CCOCC2)cc1)C1CC1. The van der Waals surface area contributed by atoms with Crippen LogP contribution in [0.4, 0.5) is 0 Å². The zero-order valence-corrected chi connectivity index (χ0v) is 16.9. The molecule has 2 aliphatic rings. The van der Waals surface area contributed by atoms with E-state index < -0.39 is 10.0 Å². The fraction of sp³-hybridized carbons (Fsp3) is 0.611. The fourth-order valence-electron chi connectivity index (χ4n) is 3.17. The third-order valence-corrected chi connectivity index (χ3v) is 6.88. The molecule has 1 amide bonds. The van der Waals surface area contributed by atoms with Crippen molar-refractivity contribution in [3.63, 3.8) is 0 Å². The second kappa shape index (κ2) is 9.84. The highest BCUT2D eigenvalue weighted by molar-refractivity contribution is 7.89. The third-order valence-electron chi connectivity index (χ3n) is 4.96. The van der Waals surface area contributed by atoms with Crippen LogP contribution in [0.5, 0.6) is 0 Å². The lowest BCUT2D eigenvalue weighted by molar-refractivity contribution is -0.121. The minimum Gasteiger partial charge on any atom is -0.379 e. The molecule has 1 heterocycles. The van der Waals surface area contributed by atoms with Crippen LogP contribution >= 0.6 is 12.4 Å². The van der Waals surface area contributed by atoms with Crippen LogP contribution in [0.1, 0.15) is 24.8 Å². The number of aryl methyl sites for hydroxylation is 1. The summed E-state index contributed by atoms with van der Waals surface area (Å²) in [6, 6.07) is 6.88. The second-order valence-corrected chi connectivity index (χ2v) is 8.85. The predicted octanol–water partition coefficient (Wildman–Crippen LogP) is 0.915. The maximum Gasteiger partial charge on any atom is 0.243 e. The maximum atomic E-state index is 12.6. The second-order valence-electron chi connectivity index (χ2n) is 6.91. The van der Waals surface area contributed by atoms with Crippen molar-refractivity contribution in [3.05, 3.63) is 29.8 Å². The summed E-state index contributed by atoms with van der Waals surface area (Å²) in [4.78, 5) is 12.4. The molecule has 3 rings (SSSR count). The Bertz CT molecular complexity index is 717. The smallest absolute Gasteiger partial charge is 0.243 e. The minimum absolute atomic E-state index is 0. The van der Waals surface area contributed by atoms with Crippen LogP contribution in [0.2, 0.25) is 0 Å². The quantitative estimate of drug-likeness (QED) is 0.654. The van der Waals surface area contributed by atoms with Crippen LogP contribution in [0, 0.1) is 5.92 Å². The van der Waals surface area contributed by atoms with E-state index in [1.54, 1.807) is 24.3 Å². The molecule has 1 aromatic rings. The van der Waals surface area contributed by atoms with E-state index >= 15 is 0 Å². The molecule has 9 heteroatoms. The molecule has 7 nitrogen and oxygen atoms in total. The first-order chi connectivity index (χ1) is 12.5. The summed E-state index contributed by atoms with van der Waals surface area (Å²) in [5.74, 6) is 0.533. The molecule has 1 unspecified atom stereocenters. The van der Waals surface area contributed by atoms with Gasteiger partial charge in [0.2, 0.25) is 15.9 Å². The summed E-state index contributed by atoms with van der Waals surface area (Å²) in [5, 5.41) is 3.00. The van der Waals surface area contributed by atoms with Gasteiger partial charge in [-0.15, -0.1) is 12.4 Å². The van der Waals surface area contributed by atoms with Crippen molar-refractivity contribution in [2.45, 2.75) is 36.6 Å². The van der Waals surface area contributed by atoms with Gasteiger partial charge in [-0.05, 0) is 42.9 Å². The third kappa shape index (κ3) is 5.89. The Labute approximate surface area is 167 Å². The van der Waals surface area contributed by atoms with E-state index in [1.807, 2.05) is 0 Å². The molecule has 27 heavy (non-hydrogen) atoms. The number of nitrogens with one attached hydrogen (secondary N) is 1. The molecule has 1 aliphatic heterocycles. The molecule has 0 bridgehead atoms. The average molecular weight is 418 g/mol. The predicted molar refractivity (Wildman–Crippen MR) is 105 cm³/mol. The number of ether oxygens (including phenoxy) is 1. The first-order valence-electron chi connectivity index (χ1n) is 9.17. The Kier molecular flexibility index (Phi) is 8.05. The molecule has 1 saturated carbocycles. The topological polar surface area (TPSA) is 102 Å². The molecule has 1 aromatic carbocycles. The van der Waals surface area contributed by atoms with Gasteiger partial charge < -0.3 is 15.8 Å². The van der Waals surface area contributed by atoms with Crippen LogP contribution < -0.4 is 11.1 Å². The summed E-state index contributed by atoms with van der Waals surface area (Å²) < 4.78 is 31.8. The van der Waals surface area contributed by atoms with Gasteiger partial charge in [-0.1, -0.05) is 12.1 Å². The maximum absolute atomic E-state index is 12.6. The molecule has 0 radical (unpaired) electrons. The van der Waals surface area contributed by atoms with Gasteiger partial charge in [-0.2, -0.15) is 4.31 Å². The summed E-state index contributed by atoms with van der Waals surface area (Å²) in [6.07, 6.45) is 3.23. The Hall–Kier alpha value is -1.19. The Morgan fingerprint density at radius 3 is 2.41 bits per heavy atom. The minimum atomic E-state index is -3.47. The summed E-state index contributed by atoms with van der Waals surface area (Å²) in [5.41, 5.74) is 6.65. The van der Waals surface area contributed by atoms with Gasteiger partial charge in [-0.25, -0.2) is 8.42 Å². The van der Waals surface area contributed by atoms with Gasteiger partial charge in [0.25, 0.3) is 0 Å². The molecular formula is C18H28ClN3O4S. The Morgan fingerprint density at radius 2 is 1.85 bits per heavy atom. The molecule has 152 valence electrons. The van der Waals surface area contributed by atoms with Crippen LogP contribution in [0.25, 0.3) is 0 Å². The molecule has 1 saturated heterocycles. The Morgan fingerprint density at radius 1 is 1.22 bits per heavy atom. The number of hydrogen-bond donors (Lipinski definition) is 2. The lowest BCUT2D eigenvalue weighted by Crippen LogP contribution is -2.41.